The highest BCUT2D eigenvalue weighted by molar-refractivity contribution is 5.97. The molecule has 2 amide bonds. The number of hydrogen-bond acceptors (Lipinski definition) is 3. The number of nitrogens with two attached hydrogens (primary N) is 1. The lowest BCUT2D eigenvalue weighted by atomic mass is 10.1. The number of rotatable bonds is 4. The van der Waals surface area contributed by atoms with Gasteiger partial charge in [-0.25, -0.2) is 5.84 Å². The Bertz CT molecular complexity index is 585. The molecule has 4 N–H and O–H groups in total. The number of amides is 2. The summed E-state index contributed by atoms with van der Waals surface area (Å²) < 4.78 is 0. The second kappa shape index (κ2) is 6.49. The van der Waals surface area contributed by atoms with Gasteiger partial charge in [0.25, 0.3) is 11.8 Å². The molecule has 2 aromatic rings. The van der Waals surface area contributed by atoms with Crippen LogP contribution >= 0.6 is 0 Å². The Kier molecular flexibility index (Phi) is 4.47. The van der Waals surface area contributed by atoms with Crippen LogP contribution in [0.25, 0.3) is 0 Å². The van der Waals surface area contributed by atoms with E-state index in [0.29, 0.717) is 11.1 Å². The maximum atomic E-state index is 12.1. The molecular weight excluding hydrogens is 254 g/mol. The highest BCUT2D eigenvalue weighted by Gasteiger charge is 2.22. The van der Waals surface area contributed by atoms with Gasteiger partial charge >= 0.3 is 0 Å². The summed E-state index contributed by atoms with van der Waals surface area (Å²) in [5, 5.41) is 2.67. The SMILES string of the molecule is NNC(=O)C(NC(=O)c1ccccc1)c1ccccc1. The van der Waals surface area contributed by atoms with Crippen LogP contribution in [-0.4, -0.2) is 11.8 Å². The fourth-order valence-electron chi connectivity index (χ4n) is 1.83. The minimum atomic E-state index is -0.825. The first-order chi connectivity index (χ1) is 9.72. The molecule has 0 fully saturated rings. The van der Waals surface area contributed by atoms with Crippen molar-refractivity contribution in [2.45, 2.75) is 6.04 Å². The zero-order chi connectivity index (χ0) is 14.4. The summed E-state index contributed by atoms with van der Waals surface area (Å²) in [7, 11) is 0. The molecule has 5 nitrogen and oxygen atoms in total. The summed E-state index contributed by atoms with van der Waals surface area (Å²) in [6.07, 6.45) is 0. The molecule has 5 heteroatoms. The maximum absolute atomic E-state index is 12.1. The van der Waals surface area contributed by atoms with Gasteiger partial charge in [-0.15, -0.1) is 0 Å². The minimum absolute atomic E-state index is 0.331. The van der Waals surface area contributed by atoms with Crippen LogP contribution in [0.2, 0.25) is 0 Å². The lowest BCUT2D eigenvalue weighted by molar-refractivity contribution is -0.123. The van der Waals surface area contributed by atoms with Gasteiger partial charge in [0.1, 0.15) is 6.04 Å². The first kappa shape index (κ1) is 13.8. The predicted octanol–water partition coefficient (Wildman–Crippen LogP) is 1.15. The molecule has 0 bridgehead atoms. The van der Waals surface area contributed by atoms with Crippen molar-refractivity contribution < 1.29 is 9.59 Å². The van der Waals surface area contributed by atoms with E-state index >= 15 is 0 Å². The summed E-state index contributed by atoms with van der Waals surface area (Å²) in [6.45, 7) is 0. The average Bonchev–Trinajstić information content (AvgIpc) is 2.53. The molecule has 20 heavy (non-hydrogen) atoms. The third-order valence-electron chi connectivity index (χ3n) is 2.85. The van der Waals surface area contributed by atoms with E-state index in [0.717, 1.165) is 0 Å². The number of benzene rings is 2. The Hall–Kier alpha value is -2.66. The van der Waals surface area contributed by atoms with Crippen molar-refractivity contribution in [1.29, 1.82) is 0 Å². The van der Waals surface area contributed by atoms with Crippen molar-refractivity contribution in [1.82, 2.24) is 10.7 Å². The van der Waals surface area contributed by atoms with Gasteiger partial charge in [-0.1, -0.05) is 48.5 Å². The number of hydrogen-bond donors (Lipinski definition) is 3. The third kappa shape index (κ3) is 3.21. The van der Waals surface area contributed by atoms with Crippen molar-refractivity contribution in [2.24, 2.45) is 5.84 Å². The Morgan fingerprint density at radius 3 is 2.00 bits per heavy atom. The molecule has 0 aromatic heterocycles. The third-order valence-corrected chi connectivity index (χ3v) is 2.85. The summed E-state index contributed by atoms with van der Waals surface area (Å²) in [4.78, 5) is 23.9. The molecule has 2 rings (SSSR count). The zero-order valence-corrected chi connectivity index (χ0v) is 10.7. The van der Waals surface area contributed by atoms with Gasteiger partial charge in [-0.2, -0.15) is 0 Å². The van der Waals surface area contributed by atoms with E-state index in [9.17, 15) is 9.59 Å². The fraction of sp³-hybridized carbons (Fsp3) is 0.0667. The van der Waals surface area contributed by atoms with Crippen LogP contribution in [0.3, 0.4) is 0 Å². The smallest absolute Gasteiger partial charge is 0.261 e. The predicted molar refractivity (Wildman–Crippen MR) is 75.4 cm³/mol. The van der Waals surface area contributed by atoms with Crippen molar-refractivity contribution >= 4 is 11.8 Å². The lowest BCUT2D eigenvalue weighted by Crippen LogP contribution is -2.43. The average molecular weight is 269 g/mol. The van der Waals surface area contributed by atoms with Crippen molar-refractivity contribution in [3.63, 3.8) is 0 Å². The molecule has 1 atom stereocenters. The Morgan fingerprint density at radius 2 is 1.45 bits per heavy atom. The summed E-state index contributed by atoms with van der Waals surface area (Å²) in [5.41, 5.74) is 3.22. The summed E-state index contributed by atoms with van der Waals surface area (Å²) >= 11 is 0. The molecule has 0 aliphatic heterocycles. The second-order valence-corrected chi connectivity index (χ2v) is 4.19. The van der Waals surface area contributed by atoms with Gasteiger partial charge in [0.15, 0.2) is 0 Å². The molecule has 0 saturated heterocycles. The number of nitrogens with one attached hydrogen (secondary N) is 2. The Labute approximate surface area is 116 Å². The van der Waals surface area contributed by atoms with Crippen LogP contribution in [0.1, 0.15) is 22.0 Å². The van der Waals surface area contributed by atoms with Crippen LogP contribution in [-0.2, 0) is 4.79 Å². The van der Waals surface area contributed by atoms with Crippen molar-refractivity contribution in [3.8, 4) is 0 Å². The monoisotopic (exact) mass is 269 g/mol. The van der Waals surface area contributed by atoms with Gasteiger partial charge in [0.05, 0.1) is 0 Å². The highest BCUT2D eigenvalue weighted by atomic mass is 16.2. The topological polar surface area (TPSA) is 84.2 Å². The van der Waals surface area contributed by atoms with Gasteiger partial charge in [0, 0.05) is 5.56 Å². The quantitative estimate of drug-likeness (QED) is 0.442. The van der Waals surface area contributed by atoms with Crippen molar-refractivity contribution in [2.75, 3.05) is 0 Å². The van der Waals surface area contributed by atoms with Crippen LogP contribution in [0.5, 0.6) is 0 Å². The molecule has 1 unspecified atom stereocenters. The number of carbonyl (C=O) groups is 2. The second-order valence-electron chi connectivity index (χ2n) is 4.19. The highest BCUT2D eigenvalue weighted by Crippen LogP contribution is 2.13. The summed E-state index contributed by atoms with van der Waals surface area (Å²) in [5.74, 6) is 4.37. The zero-order valence-electron chi connectivity index (χ0n) is 10.7. The van der Waals surface area contributed by atoms with Crippen molar-refractivity contribution in [3.05, 3.63) is 71.8 Å². The maximum Gasteiger partial charge on any atom is 0.261 e. The molecule has 0 spiro atoms. The van der Waals surface area contributed by atoms with E-state index in [-0.39, 0.29) is 5.91 Å². The molecule has 102 valence electrons. The molecule has 2 aromatic carbocycles. The van der Waals surface area contributed by atoms with Gasteiger partial charge in [0.2, 0.25) is 0 Å². The van der Waals surface area contributed by atoms with Gasteiger partial charge < -0.3 is 5.32 Å². The minimum Gasteiger partial charge on any atom is -0.336 e. The molecular formula is C15H15N3O2. The van der Waals surface area contributed by atoms with E-state index in [1.54, 1.807) is 48.5 Å². The van der Waals surface area contributed by atoms with E-state index in [2.05, 4.69) is 10.7 Å². The van der Waals surface area contributed by atoms with Crippen LogP contribution in [0.4, 0.5) is 0 Å². The summed E-state index contributed by atoms with van der Waals surface area (Å²) in [6, 6.07) is 16.8. The van der Waals surface area contributed by atoms with Gasteiger partial charge in [-0.05, 0) is 17.7 Å². The normalized spacial score (nSPS) is 11.4. The largest absolute Gasteiger partial charge is 0.336 e. The standard InChI is InChI=1S/C15H15N3O2/c16-18-15(20)13(11-7-3-1-4-8-11)17-14(19)12-9-5-2-6-10-12/h1-10,13H,16H2,(H,17,19)(H,18,20). The van der Waals surface area contributed by atoms with Gasteiger partial charge in [-0.3, -0.25) is 15.0 Å². The Balaban J connectivity index is 2.21. The fourth-order valence-corrected chi connectivity index (χ4v) is 1.83. The van der Waals surface area contributed by atoms with Crippen LogP contribution in [0, 0.1) is 0 Å². The number of carbonyl (C=O) groups excluding carboxylic acids is 2. The first-order valence-electron chi connectivity index (χ1n) is 6.13. The number of hydrazine groups is 1. The molecule has 0 radical (unpaired) electrons. The lowest BCUT2D eigenvalue weighted by Gasteiger charge is -2.17. The molecule has 0 saturated carbocycles. The van der Waals surface area contributed by atoms with E-state index in [4.69, 9.17) is 5.84 Å². The molecule has 0 aliphatic carbocycles. The first-order valence-corrected chi connectivity index (χ1v) is 6.13. The molecule has 0 aliphatic rings. The Morgan fingerprint density at radius 1 is 0.900 bits per heavy atom. The van der Waals surface area contributed by atoms with E-state index < -0.39 is 11.9 Å². The molecule has 0 heterocycles. The van der Waals surface area contributed by atoms with Crippen LogP contribution < -0.4 is 16.6 Å². The van der Waals surface area contributed by atoms with Crippen LogP contribution in [0.15, 0.2) is 60.7 Å². The van der Waals surface area contributed by atoms with E-state index in [1.165, 1.54) is 0 Å². The van der Waals surface area contributed by atoms with E-state index in [1.807, 2.05) is 12.1 Å².